The molecule has 0 saturated carbocycles. The second kappa shape index (κ2) is 8.31. The van der Waals surface area contributed by atoms with Crippen molar-refractivity contribution in [3.8, 4) is 16.8 Å². The molecule has 0 aliphatic carbocycles. The maximum Gasteiger partial charge on any atom is 0.136 e. The number of hydrogen-bond donors (Lipinski definition) is 0. The van der Waals surface area contributed by atoms with Gasteiger partial charge in [0.2, 0.25) is 0 Å². The van der Waals surface area contributed by atoms with Crippen LogP contribution in [0.25, 0.3) is 98.7 Å². The van der Waals surface area contributed by atoms with E-state index in [0.29, 0.717) is 0 Å². The fourth-order valence-electron chi connectivity index (χ4n) is 7.98. The van der Waals surface area contributed by atoms with Crippen LogP contribution in [0.2, 0.25) is 0 Å². The van der Waals surface area contributed by atoms with Crippen molar-refractivity contribution in [3.05, 3.63) is 146 Å². The average Bonchev–Trinajstić information content (AvgIpc) is 3.72. The molecule has 11 aromatic rings. The molecule has 3 nitrogen and oxygen atoms in total. The van der Waals surface area contributed by atoms with Crippen molar-refractivity contribution < 1.29 is 4.42 Å². The van der Waals surface area contributed by atoms with Gasteiger partial charge in [-0.25, -0.2) is 0 Å². The van der Waals surface area contributed by atoms with Gasteiger partial charge in [-0.3, -0.25) is 0 Å². The smallest absolute Gasteiger partial charge is 0.136 e. The van der Waals surface area contributed by atoms with E-state index in [-0.39, 0.29) is 0 Å². The Hall–Kier alpha value is -6.06. The van der Waals surface area contributed by atoms with Crippen molar-refractivity contribution in [2.75, 3.05) is 0 Å². The van der Waals surface area contributed by atoms with Gasteiger partial charge in [0, 0.05) is 43.4 Å². The van der Waals surface area contributed by atoms with Crippen molar-refractivity contribution in [2.24, 2.45) is 0 Å². The van der Waals surface area contributed by atoms with Gasteiger partial charge in [-0.15, -0.1) is 0 Å². The summed E-state index contributed by atoms with van der Waals surface area (Å²) in [6.45, 7) is 0. The number of furan rings is 1. The minimum absolute atomic E-state index is 0.914. The van der Waals surface area contributed by atoms with Gasteiger partial charge >= 0.3 is 0 Å². The molecule has 0 unspecified atom stereocenters. The van der Waals surface area contributed by atoms with E-state index in [9.17, 15) is 0 Å². The predicted molar refractivity (Wildman–Crippen MR) is 188 cm³/mol. The molecule has 11 rings (SSSR count). The van der Waals surface area contributed by atoms with E-state index in [2.05, 4.69) is 142 Å². The van der Waals surface area contributed by atoms with E-state index in [4.69, 9.17) is 4.42 Å². The molecule has 0 bridgehead atoms. The molecule has 208 valence electrons. The Bertz CT molecular complexity index is 2990. The fourth-order valence-corrected chi connectivity index (χ4v) is 7.98. The third-order valence-corrected chi connectivity index (χ3v) is 9.84. The van der Waals surface area contributed by atoms with Gasteiger partial charge < -0.3 is 13.4 Å². The van der Waals surface area contributed by atoms with Crippen LogP contribution in [0.1, 0.15) is 0 Å². The molecule has 0 atom stereocenters. The lowest BCUT2D eigenvalue weighted by Gasteiger charge is -2.11. The largest absolute Gasteiger partial charge is 0.456 e. The van der Waals surface area contributed by atoms with Crippen molar-refractivity contribution in [1.82, 2.24) is 8.97 Å². The van der Waals surface area contributed by atoms with Crippen molar-refractivity contribution in [2.45, 2.75) is 0 Å². The monoisotopic (exact) mass is 572 g/mol. The first-order chi connectivity index (χ1) is 22.3. The number of hydrogen-bond acceptors (Lipinski definition) is 1. The third kappa shape index (κ3) is 2.95. The van der Waals surface area contributed by atoms with Crippen molar-refractivity contribution in [3.63, 3.8) is 0 Å². The number of fused-ring (bicyclic) bond motifs is 9. The lowest BCUT2D eigenvalue weighted by Crippen LogP contribution is -1.95. The zero-order chi connectivity index (χ0) is 29.2. The van der Waals surface area contributed by atoms with E-state index in [1.165, 1.54) is 59.9 Å². The molecule has 0 aliphatic heterocycles. The summed E-state index contributed by atoms with van der Waals surface area (Å²) < 4.78 is 11.2. The Balaban J connectivity index is 1.25. The van der Waals surface area contributed by atoms with Gasteiger partial charge in [0.25, 0.3) is 0 Å². The van der Waals surface area contributed by atoms with Crippen LogP contribution in [0, 0.1) is 0 Å². The normalized spacial score (nSPS) is 12.4. The van der Waals surface area contributed by atoms with E-state index >= 15 is 0 Å². The van der Waals surface area contributed by atoms with Crippen molar-refractivity contribution >= 4 is 81.8 Å². The molecule has 0 saturated heterocycles. The lowest BCUT2D eigenvalue weighted by atomic mass is 10.0. The number of nitrogens with zero attached hydrogens (tertiary/aromatic N) is 2. The van der Waals surface area contributed by atoms with Crippen LogP contribution in [-0.2, 0) is 0 Å². The summed E-state index contributed by atoms with van der Waals surface area (Å²) in [6, 6.07) is 52.8. The Kier molecular flexibility index (Phi) is 4.32. The van der Waals surface area contributed by atoms with Crippen LogP contribution in [0.15, 0.2) is 150 Å². The summed E-state index contributed by atoms with van der Waals surface area (Å²) in [4.78, 5) is 0. The standard InChI is InChI=1S/C42H24N2O/c1-4-15-34-28(11-1)32-14-8-17-36-40(32)41-37(22-21-33-29-12-2-5-16-35(29)44(34)42(33)41)43(36)27-10-7-9-25(23-27)26-19-20-31-30-13-3-6-18-38(30)45-39(31)24-26/h1-24H. The number of aromatic nitrogens is 2. The molecule has 4 aromatic heterocycles. The molecule has 0 radical (unpaired) electrons. The van der Waals surface area contributed by atoms with Crippen LogP contribution < -0.4 is 0 Å². The highest BCUT2D eigenvalue weighted by atomic mass is 16.3. The Labute approximate surface area is 257 Å². The van der Waals surface area contributed by atoms with Crippen LogP contribution in [0.5, 0.6) is 0 Å². The van der Waals surface area contributed by atoms with Crippen molar-refractivity contribution in [1.29, 1.82) is 0 Å². The summed E-state index contributed by atoms with van der Waals surface area (Å²) in [7, 11) is 0. The zero-order valence-corrected chi connectivity index (χ0v) is 24.2. The molecule has 0 fully saturated rings. The number of rotatable bonds is 2. The quantitative estimate of drug-likeness (QED) is 0.202. The van der Waals surface area contributed by atoms with Gasteiger partial charge in [0.05, 0.1) is 27.6 Å². The molecule has 0 aliphatic rings. The SMILES string of the molecule is c1cc(-c2ccc3c(c2)oc2ccccc23)cc(-n2c3cccc4c5ccccc5n5c6ccccc6c6ccc2c(c43)c65)c1. The summed E-state index contributed by atoms with van der Waals surface area (Å²) in [5, 5.41) is 10.0. The highest BCUT2D eigenvalue weighted by Gasteiger charge is 2.23. The first kappa shape index (κ1) is 23.4. The second-order valence-corrected chi connectivity index (χ2v) is 12.1. The van der Waals surface area contributed by atoms with E-state index in [1.54, 1.807) is 0 Å². The highest BCUT2D eigenvalue weighted by molar-refractivity contribution is 6.33. The van der Waals surface area contributed by atoms with Gasteiger partial charge in [-0.1, -0.05) is 91.0 Å². The summed E-state index contributed by atoms with van der Waals surface area (Å²) in [5.41, 5.74) is 11.5. The maximum atomic E-state index is 6.25. The van der Waals surface area contributed by atoms with Crippen LogP contribution in [-0.4, -0.2) is 8.97 Å². The fraction of sp³-hybridized carbons (Fsp3) is 0. The topological polar surface area (TPSA) is 22.5 Å². The minimum Gasteiger partial charge on any atom is -0.456 e. The number of para-hydroxylation sites is 3. The molecule has 3 heteroatoms. The molecule has 0 spiro atoms. The van der Waals surface area contributed by atoms with Gasteiger partial charge in [0.15, 0.2) is 0 Å². The zero-order valence-electron chi connectivity index (χ0n) is 24.2. The first-order valence-electron chi connectivity index (χ1n) is 15.4. The molecular formula is C42H24N2O. The van der Waals surface area contributed by atoms with Crippen LogP contribution >= 0.6 is 0 Å². The Morgan fingerprint density at radius 2 is 1.00 bits per heavy atom. The van der Waals surface area contributed by atoms with Gasteiger partial charge in [0.1, 0.15) is 11.2 Å². The molecule has 0 N–H and O–H groups in total. The Morgan fingerprint density at radius 3 is 1.87 bits per heavy atom. The minimum atomic E-state index is 0.914. The molecule has 0 amide bonds. The first-order valence-corrected chi connectivity index (χ1v) is 15.4. The summed E-state index contributed by atoms with van der Waals surface area (Å²) >= 11 is 0. The Morgan fingerprint density at radius 1 is 0.378 bits per heavy atom. The van der Waals surface area contributed by atoms with Gasteiger partial charge in [-0.05, 0) is 71.1 Å². The van der Waals surface area contributed by atoms with E-state index < -0.39 is 0 Å². The average molecular weight is 573 g/mol. The second-order valence-electron chi connectivity index (χ2n) is 12.1. The van der Waals surface area contributed by atoms with Gasteiger partial charge in [-0.2, -0.15) is 0 Å². The highest BCUT2D eigenvalue weighted by Crippen LogP contribution is 2.45. The summed E-state index contributed by atoms with van der Waals surface area (Å²) in [5.74, 6) is 0. The summed E-state index contributed by atoms with van der Waals surface area (Å²) in [6.07, 6.45) is 0. The molecule has 7 aromatic carbocycles. The molecule has 45 heavy (non-hydrogen) atoms. The molecule has 4 heterocycles. The third-order valence-electron chi connectivity index (χ3n) is 9.84. The maximum absolute atomic E-state index is 6.25. The van der Waals surface area contributed by atoms with E-state index in [1.807, 2.05) is 12.1 Å². The predicted octanol–water partition coefficient (Wildman–Crippen LogP) is 11.5. The van der Waals surface area contributed by atoms with E-state index in [0.717, 1.165) is 38.8 Å². The number of benzene rings is 7. The van der Waals surface area contributed by atoms with Crippen LogP contribution in [0.4, 0.5) is 0 Å². The molecular weight excluding hydrogens is 548 g/mol. The van der Waals surface area contributed by atoms with Crippen LogP contribution in [0.3, 0.4) is 0 Å². The lowest BCUT2D eigenvalue weighted by molar-refractivity contribution is 0.669.